The molecule has 0 radical (unpaired) electrons. The van der Waals surface area contributed by atoms with Crippen molar-refractivity contribution in [3.05, 3.63) is 53.5 Å². The maximum Gasteiger partial charge on any atom is 0.270 e. The predicted molar refractivity (Wildman–Crippen MR) is 129 cm³/mol. The molecule has 0 saturated carbocycles. The maximum atomic E-state index is 12.6. The van der Waals surface area contributed by atoms with Crippen molar-refractivity contribution in [2.24, 2.45) is 5.92 Å². The minimum absolute atomic E-state index is 0.110. The molecule has 9 heteroatoms. The van der Waals surface area contributed by atoms with E-state index in [4.69, 9.17) is 0 Å². The number of β-amino-alcohol motifs (C(OH)–C–C–N with tert-alkyl or cyclic N) is 1. The fraction of sp³-hybridized carbons (Fsp3) is 0.520. The van der Waals surface area contributed by atoms with Crippen molar-refractivity contribution in [2.75, 3.05) is 38.0 Å². The van der Waals surface area contributed by atoms with E-state index >= 15 is 0 Å². The Hall–Kier alpha value is -3.04. The molecule has 1 fully saturated rings. The maximum absolute atomic E-state index is 12.6. The first kappa shape index (κ1) is 24.1. The lowest BCUT2D eigenvalue weighted by molar-refractivity contribution is -0.135. The molecule has 2 aliphatic rings. The van der Waals surface area contributed by atoms with E-state index in [0.717, 1.165) is 19.5 Å². The Morgan fingerprint density at radius 3 is 2.71 bits per heavy atom. The zero-order valence-corrected chi connectivity index (χ0v) is 19.9. The van der Waals surface area contributed by atoms with E-state index in [9.17, 15) is 14.7 Å². The van der Waals surface area contributed by atoms with Crippen LogP contribution in [0.4, 0.5) is 5.82 Å². The van der Waals surface area contributed by atoms with Crippen molar-refractivity contribution in [1.29, 1.82) is 0 Å². The third-order valence-corrected chi connectivity index (χ3v) is 6.25. The summed E-state index contributed by atoms with van der Waals surface area (Å²) in [6.45, 7) is 7.68. The van der Waals surface area contributed by atoms with Gasteiger partial charge in [-0.05, 0) is 23.5 Å². The van der Waals surface area contributed by atoms with Crippen molar-refractivity contribution in [3.8, 4) is 0 Å². The first-order valence-corrected chi connectivity index (χ1v) is 12.0. The largest absolute Gasteiger partial charge is 0.390 e. The van der Waals surface area contributed by atoms with E-state index in [1.165, 1.54) is 17.5 Å². The molecule has 0 aliphatic carbocycles. The van der Waals surface area contributed by atoms with Gasteiger partial charge in [-0.3, -0.25) is 14.5 Å². The highest BCUT2D eigenvalue weighted by molar-refractivity contribution is 5.92. The number of nitrogens with one attached hydrogen (secondary N) is 2. The number of benzene rings is 1. The Balaban J connectivity index is 1.20. The molecule has 1 unspecified atom stereocenters. The number of aliphatic hydroxyl groups excluding tert-OH is 1. The normalized spacial score (nSPS) is 17.1. The quantitative estimate of drug-likeness (QED) is 0.511. The van der Waals surface area contributed by atoms with Crippen LogP contribution in [0.15, 0.2) is 36.7 Å². The lowest BCUT2D eigenvalue weighted by Gasteiger charge is -2.40. The summed E-state index contributed by atoms with van der Waals surface area (Å²) in [4.78, 5) is 36.9. The number of likely N-dealkylation sites (tertiary alicyclic amines) is 1. The van der Waals surface area contributed by atoms with Crippen LogP contribution >= 0.6 is 0 Å². The van der Waals surface area contributed by atoms with Gasteiger partial charge in [0, 0.05) is 51.8 Å². The van der Waals surface area contributed by atoms with Crippen LogP contribution in [-0.2, 0) is 17.8 Å². The van der Waals surface area contributed by atoms with Gasteiger partial charge in [0.25, 0.3) is 5.91 Å². The van der Waals surface area contributed by atoms with Crippen molar-refractivity contribution >= 4 is 17.6 Å². The molecule has 1 aromatic heterocycles. The number of amides is 2. The topological polar surface area (TPSA) is 111 Å². The van der Waals surface area contributed by atoms with Gasteiger partial charge in [-0.2, -0.15) is 0 Å². The molecule has 2 amide bonds. The van der Waals surface area contributed by atoms with Crippen molar-refractivity contribution in [3.63, 3.8) is 0 Å². The molecule has 34 heavy (non-hydrogen) atoms. The number of carbonyl (C=O) groups is 2. The lowest BCUT2D eigenvalue weighted by Crippen LogP contribution is -2.57. The first-order valence-electron chi connectivity index (χ1n) is 12.0. The van der Waals surface area contributed by atoms with Gasteiger partial charge in [0.1, 0.15) is 17.8 Å². The monoisotopic (exact) mass is 466 g/mol. The van der Waals surface area contributed by atoms with Gasteiger partial charge in [0.2, 0.25) is 5.91 Å². The van der Waals surface area contributed by atoms with Crippen LogP contribution in [0, 0.1) is 5.92 Å². The predicted octanol–water partition coefficient (Wildman–Crippen LogP) is 1.29. The third kappa shape index (κ3) is 6.30. The molecule has 0 bridgehead atoms. The molecule has 2 aliphatic heterocycles. The van der Waals surface area contributed by atoms with Crippen LogP contribution in [0.1, 0.15) is 41.9 Å². The summed E-state index contributed by atoms with van der Waals surface area (Å²) in [6.07, 6.45) is 2.20. The molecular formula is C25H34N6O3. The van der Waals surface area contributed by atoms with Crippen LogP contribution in [0.3, 0.4) is 0 Å². The zero-order valence-electron chi connectivity index (χ0n) is 19.9. The van der Waals surface area contributed by atoms with E-state index in [0.29, 0.717) is 37.8 Å². The van der Waals surface area contributed by atoms with Crippen LogP contribution in [0.2, 0.25) is 0 Å². The van der Waals surface area contributed by atoms with Gasteiger partial charge >= 0.3 is 0 Å². The van der Waals surface area contributed by atoms with E-state index in [2.05, 4.69) is 43.7 Å². The van der Waals surface area contributed by atoms with Crippen molar-refractivity contribution < 1.29 is 14.7 Å². The summed E-state index contributed by atoms with van der Waals surface area (Å²) in [5, 5.41) is 16.5. The molecule has 1 aromatic carbocycles. The average Bonchev–Trinajstić information content (AvgIpc) is 2.79. The minimum Gasteiger partial charge on any atom is -0.390 e. The number of hydrogen-bond acceptors (Lipinski definition) is 7. The molecule has 3 heterocycles. The zero-order chi connectivity index (χ0) is 24.1. The Morgan fingerprint density at radius 1 is 1.18 bits per heavy atom. The number of aliphatic hydroxyl groups is 1. The fourth-order valence-corrected chi connectivity index (χ4v) is 4.40. The SMILES string of the molecule is CC(C)CC(=O)N1CC(Nc2cc(C(=O)NCC(O)CN3CCc4ccccc4C3)ncn2)C1. The standard InChI is InChI=1S/C25H34N6O3/c1-17(2)9-24(33)31-13-20(14-31)29-23-10-22(27-16-28-23)25(34)26-11-21(32)15-30-8-7-18-5-3-4-6-19(18)12-30/h3-6,10,16-17,20-21,32H,7-9,11-15H2,1-2H3,(H,26,34)(H,27,28,29). The van der Waals surface area contributed by atoms with Gasteiger partial charge in [0.15, 0.2) is 0 Å². The second kappa shape index (κ2) is 10.9. The van der Waals surface area contributed by atoms with E-state index < -0.39 is 6.10 Å². The molecule has 0 spiro atoms. The number of carbonyl (C=O) groups excluding carboxylic acids is 2. The molecule has 9 nitrogen and oxygen atoms in total. The van der Waals surface area contributed by atoms with E-state index in [1.54, 1.807) is 6.07 Å². The highest BCUT2D eigenvalue weighted by Crippen LogP contribution is 2.19. The highest BCUT2D eigenvalue weighted by atomic mass is 16.3. The summed E-state index contributed by atoms with van der Waals surface area (Å²) >= 11 is 0. The smallest absolute Gasteiger partial charge is 0.270 e. The Kier molecular flexibility index (Phi) is 7.74. The second-order valence-corrected chi connectivity index (χ2v) is 9.64. The number of anilines is 1. The third-order valence-electron chi connectivity index (χ3n) is 6.25. The summed E-state index contributed by atoms with van der Waals surface area (Å²) < 4.78 is 0. The second-order valence-electron chi connectivity index (χ2n) is 9.64. The van der Waals surface area contributed by atoms with Gasteiger partial charge in [-0.25, -0.2) is 9.97 Å². The fourth-order valence-electron chi connectivity index (χ4n) is 4.40. The minimum atomic E-state index is -0.669. The Bertz CT molecular complexity index is 1010. The molecular weight excluding hydrogens is 432 g/mol. The number of rotatable bonds is 9. The lowest BCUT2D eigenvalue weighted by atomic mass is 10.00. The van der Waals surface area contributed by atoms with E-state index in [1.807, 2.05) is 24.8 Å². The van der Waals surface area contributed by atoms with Crippen LogP contribution in [0.25, 0.3) is 0 Å². The molecule has 1 saturated heterocycles. The van der Waals surface area contributed by atoms with Crippen molar-refractivity contribution in [2.45, 2.75) is 45.4 Å². The Morgan fingerprint density at radius 2 is 1.94 bits per heavy atom. The van der Waals surface area contributed by atoms with Gasteiger partial charge in [-0.1, -0.05) is 38.1 Å². The van der Waals surface area contributed by atoms with Crippen LogP contribution in [0.5, 0.6) is 0 Å². The van der Waals surface area contributed by atoms with E-state index in [-0.39, 0.29) is 30.1 Å². The molecule has 2 aromatic rings. The van der Waals surface area contributed by atoms with Crippen molar-refractivity contribution in [1.82, 2.24) is 25.1 Å². The number of fused-ring (bicyclic) bond motifs is 1. The molecule has 4 rings (SSSR count). The summed E-state index contributed by atoms with van der Waals surface area (Å²) in [5.74, 6) is 0.713. The summed E-state index contributed by atoms with van der Waals surface area (Å²) in [5.41, 5.74) is 2.90. The summed E-state index contributed by atoms with van der Waals surface area (Å²) in [7, 11) is 0. The molecule has 3 N–H and O–H groups in total. The number of nitrogens with zero attached hydrogens (tertiary/aromatic N) is 4. The number of aromatic nitrogens is 2. The summed E-state index contributed by atoms with van der Waals surface area (Å²) in [6, 6.07) is 10.1. The van der Waals surface area contributed by atoms with Gasteiger partial charge in [-0.15, -0.1) is 0 Å². The average molecular weight is 467 g/mol. The van der Waals surface area contributed by atoms with Gasteiger partial charge in [0.05, 0.1) is 12.1 Å². The number of hydrogen-bond donors (Lipinski definition) is 3. The molecule has 1 atom stereocenters. The Labute approximate surface area is 200 Å². The first-order chi connectivity index (χ1) is 16.4. The van der Waals surface area contributed by atoms with Gasteiger partial charge < -0.3 is 20.6 Å². The highest BCUT2D eigenvalue weighted by Gasteiger charge is 2.31. The molecule has 182 valence electrons. The van der Waals surface area contributed by atoms with Crippen LogP contribution < -0.4 is 10.6 Å². The van der Waals surface area contributed by atoms with Crippen LogP contribution in [-0.4, -0.2) is 81.6 Å².